The summed E-state index contributed by atoms with van der Waals surface area (Å²) in [4.78, 5) is 6.90. The average Bonchev–Trinajstić information content (AvgIpc) is 3.31. The third-order valence-corrected chi connectivity index (χ3v) is 4.82. The molecule has 2 N–H and O–H groups in total. The van der Waals surface area contributed by atoms with Gasteiger partial charge in [-0.15, -0.1) is 24.0 Å². The number of nitrogens with one attached hydrogen (secondary N) is 2. The molecule has 0 unspecified atom stereocenters. The average molecular weight is 422 g/mol. The maximum Gasteiger partial charge on any atom is 0.190 e. The van der Waals surface area contributed by atoms with Gasteiger partial charge in [0.2, 0.25) is 0 Å². The molecule has 2 aliphatic rings. The lowest BCUT2D eigenvalue weighted by molar-refractivity contribution is 0.191. The Labute approximate surface area is 153 Å². The van der Waals surface area contributed by atoms with Crippen LogP contribution in [-0.4, -0.2) is 50.6 Å². The fourth-order valence-corrected chi connectivity index (χ4v) is 3.02. The van der Waals surface area contributed by atoms with Crippen molar-refractivity contribution in [3.63, 3.8) is 0 Å². The second-order valence-electron chi connectivity index (χ2n) is 6.89. The van der Waals surface area contributed by atoms with E-state index in [0.717, 1.165) is 30.9 Å². The first kappa shape index (κ1) is 20.0. The summed E-state index contributed by atoms with van der Waals surface area (Å²) in [5.41, 5.74) is 0. The van der Waals surface area contributed by atoms with Gasteiger partial charge in [-0.05, 0) is 63.6 Å². The molecule has 0 atom stereocenters. The Morgan fingerprint density at radius 2 is 1.68 bits per heavy atom. The predicted molar refractivity (Wildman–Crippen MR) is 106 cm³/mol. The second kappa shape index (κ2) is 11.5. The highest BCUT2D eigenvalue weighted by Crippen LogP contribution is 2.33. The Morgan fingerprint density at radius 3 is 2.27 bits per heavy atom. The van der Waals surface area contributed by atoms with Crippen molar-refractivity contribution in [1.82, 2.24) is 15.5 Å². The Kier molecular flexibility index (Phi) is 10.4. The number of halogens is 1. The van der Waals surface area contributed by atoms with Crippen molar-refractivity contribution in [2.45, 2.75) is 51.9 Å². The highest BCUT2D eigenvalue weighted by Gasteiger charge is 2.20. The SMILES string of the molecule is CN=C(NCCCC1CC1)NCCCN1CCC(C)CC1.I. The number of piperidine rings is 1. The Morgan fingerprint density at radius 1 is 1.05 bits per heavy atom. The Hall–Kier alpha value is -0.0400. The first-order chi connectivity index (χ1) is 10.3. The van der Waals surface area contributed by atoms with Crippen LogP contribution in [0.3, 0.4) is 0 Å². The lowest BCUT2D eigenvalue weighted by Gasteiger charge is -2.30. The summed E-state index contributed by atoms with van der Waals surface area (Å²) >= 11 is 0. The maximum atomic E-state index is 4.30. The van der Waals surface area contributed by atoms with Crippen LogP contribution in [0.2, 0.25) is 0 Å². The van der Waals surface area contributed by atoms with Crippen molar-refractivity contribution in [3.05, 3.63) is 0 Å². The smallest absolute Gasteiger partial charge is 0.190 e. The fraction of sp³-hybridized carbons (Fsp3) is 0.941. The van der Waals surface area contributed by atoms with Crippen molar-refractivity contribution in [3.8, 4) is 0 Å². The number of likely N-dealkylation sites (tertiary alicyclic amines) is 1. The van der Waals surface area contributed by atoms with Gasteiger partial charge in [-0.2, -0.15) is 0 Å². The molecule has 0 bridgehead atoms. The van der Waals surface area contributed by atoms with Crippen LogP contribution in [0.15, 0.2) is 4.99 Å². The molecule has 130 valence electrons. The molecule has 0 aromatic carbocycles. The van der Waals surface area contributed by atoms with Gasteiger partial charge in [0.1, 0.15) is 0 Å². The molecule has 1 aliphatic carbocycles. The zero-order chi connectivity index (χ0) is 14.9. The standard InChI is InChI=1S/C17H34N4.HI/c1-15-8-13-21(14-9-15)12-4-11-20-17(18-2)19-10-3-5-16-6-7-16;/h15-16H,3-14H2,1-2H3,(H2,18,19,20);1H. The molecule has 0 amide bonds. The lowest BCUT2D eigenvalue weighted by atomic mass is 9.99. The van der Waals surface area contributed by atoms with Crippen LogP contribution in [0.4, 0.5) is 0 Å². The number of hydrogen-bond donors (Lipinski definition) is 2. The van der Waals surface area contributed by atoms with E-state index in [1.807, 2.05) is 7.05 Å². The van der Waals surface area contributed by atoms with Crippen LogP contribution < -0.4 is 10.6 Å². The molecule has 2 fully saturated rings. The van der Waals surface area contributed by atoms with E-state index in [9.17, 15) is 0 Å². The highest BCUT2D eigenvalue weighted by atomic mass is 127. The Balaban J connectivity index is 0.00000242. The summed E-state index contributed by atoms with van der Waals surface area (Å²) in [7, 11) is 1.86. The van der Waals surface area contributed by atoms with Crippen molar-refractivity contribution in [2.75, 3.05) is 39.8 Å². The molecule has 22 heavy (non-hydrogen) atoms. The van der Waals surface area contributed by atoms with Crippen LogP contribution in [0, 0.1) is 11.8 Å². The van der Waals surface area contributed by atoms with E-state index in [1.54, 1.807) is 0 Å². The van der Waals surface area contributed by atoms with Crippen LogP contribution in [0.1, 0.15) is 51.9 Å². The van der Waals surface area contributed by atoms with Crippen molar-refractivity contribution >= 4 is 29.9 Å². The van der Waals surface area contributed by atoms with Crippen molar-refractivity contribution < 1.29 is 0 Å². The molecule has 0 radical (unpaired) electrons. The molecule has 1 saturated heterocycles. The predicted octanol–water partition coefficient (Wildman–Crippen LogP) is 3.08. The molecule has 1 aliphatic heterocycles. The summed E-state index contributed by atoms with van der Waals surface area (Å²) in [5.74, 6) is 2.94. The second-order valence-corrected chi connectivity index (χ2v) is 6.89. The van der Waals surface area contributed by atoms with Gasteiger partial charge < -0.3 is 15.5 Å². The number of nitrogens with zero attached hydrogens (tertiary/aromatic N) is 2. The van der Waals surface area contributed by atoms with Gasteiger partial charge in [-0.1, -0.05) is 19.8 Å². The van der Waals surface area contributed by atoms with Gasteiger partial charge in [0.25, 0.3) is 0 Å². The van der Waals surface area contributed by atoms with E-state index in [1.165, 1.54) is 64.6 Å². The van der Waals surface area contributed by atoms with Gasteiger partial charge in [0.15, 0.2) is 5.96 Å². The van der Waals surface area contributed by atoms with E-state index in [2.05, 4.69) is 27.4 Å². The molecule has 0 aromatic heterocycles. The van der Waals surface area contributed by atoms with E-state index in [4.69, 9.17) is 0 Å². The van der Waals surface area contributed by atoms with Crippen LogP contribution in [0.5, 0.6) is 0 Å². The zero-order valence-corrected chi connectivity index (χ0v) is 16.8. The molecule has 2 rings (SSSR count). The monoisotopic (exact) mass is 422 g/mol. The topological polar surface area (TPSA) is 39.7 Å². The zero-order valence-electron chi connectivity index (χ0n) is 14.4. The number of aliphatic imine (C=N–C) groups is 1. The summed E-state index contributed by atoms with van der Waals surface area (Å²) in [6.45, 7) is 8.25. The largest absolute Gasteiger partial charge is 0.356 e. The third kappa shape index (κ3) is 8.56. The summed E-state index contributed by atoms with van der Waals surface area (Å²) in [5, 5.41) is 6.86. The van der Waals surface area contributed by atoms with Crippen LogP contribution in [-0.2, 0) is 0 Å². The highest BCUT2D eigenvalue weighted by molar-refractivity contribution is 14.0. The first-order valence-corrected chi connectivity index (χ1v) is 8.95. The molecular formula is C17H35IN4. The molecule has 0 spiro atoms. The minimum absolute atomic E-state index is 0. The molecule has 1 saturated carbocycles. The van der Waals surface area contributed by atoms with E-state index in [0.29, 0.717) is 0 Å². The van der Waals surface area contributed by atoms with Crippen LogP contribution in [0.25, 0.3) is 0 Å². The van der Waals surface area contributed by atoms with Gasteiger partial charge in [0, 0.05) is 20.1 Å². The molecular weight excluding hydrogens is 387 g/mol. The number of guanidine groups is 1. The van der Waals surface area contributed by atoms with Crippen molar-refractivity contribution in [2.24, 2.45) is 16.8 Å². The van der Waals surface area contributed by atoms with E-state index in [-0.39, 0.29) is 24.0 Å². The number of hydrogen-bond acceptors (Lipinski definition) is 2. The number of rotatable bonds is 8. The van der Waals surface area contributed by atoms with Gasteiger partial charge in [0.05, 0.1) is 0 Å². The fourth-order valence-electron chi connectivity index (χ4n) is 3.02. The molecule has 5 heteroatoms. The molecule has 4 nitrogen and oxygen atoms in total. The minimum atomic E-state index is 0. The van der Waals surface area contributed by atoms with E-state index < -0.39 is 0 Å². The van der Waals surface area contributed by atoms with Crippen molar-refractivity contribution in [1.29, 1.82) is 0 Å². The quantitative estimate of drug-likeness (QED) is 0.273. The van der Waals surface area contributed by atoms with Crippen LogP contribution >= 0.6 is 24.0 Å². The maximum absolute atomic E-state index is 4.30. The van der Waals surface area contributed by atoms with Gasteiger partial charge in [-0.3, -0.25) is 4.99 Å². The molecule has 1 heterocycles. The summed E-state index contributed by atoms with van der Waals surface area (Å²) in [6.07, 6.45) is 9.53. The lowest BCUT2D eigenvalue weighted by Crippen LogP contribution is -2.40. The minimum Gasteiger partial charge on any atom is -0.356 e. The first-order valence-electron chi connectivity index (χ1n) is 8.95. The molecule has 0 aromatic rings. The Bertz CT molecular complexity index is 310. The van der Waals surface area contributed by atoms with Gasteiger partial charge in [-0.25, -0.2) is 0 Å². The van der Waals surface area contributed by atoms with E-state index >= 15 is 0 Å². The van der Waals surface area contributed by atoms with Gasteiger partial charge >= 0.3 is 0 Å². The summed E-state index contributed by atoms with van der Waals surface area (Å²) in [6, 6.07) is 0. The third-order valence-electron chi connectivity index (χ3n) is 4.82. The normalized spacial score (nSPS) is 20.5. The summed E-state index contributed by atoms with van der Waals surface area (Å²) < 4.78 is 0.